The van der Waals surface area contributed by atoms with E-state index in [4.69, 9.17) is 0 Å². The Labute approximate surface area is 155 Å². The number of rotatable bonds is 4. The third kappa shape index (κ3) is 4.25. The summed E-state index contributed by atoms with van der Waals surface area (Å²) in [6.07, 6.45) is 0. The summed E-state index contributed by atoms with van der Waals surface area (Å²) in [4.78, 5) is 0. The first-order chi connectivity index (χ1) is 10.6. The fraction of sp³-hybridized carbons (Fsp3) is 0.333. The highest BCUT2D eigenvalue weighted by atomic mass is 79.9. The van der Waals surface area contributed by atoms with Gasteiger partial charge in [-0.05, 0) is 73.2 Å². The van der Waals surface area contributed by atoms with Gasteiger partial charge >= 0.3 is 0 Å². The maximum atomic E-state index is 12.6. The third-order valence-corrected chi connectivity index (χ3v) is 7.64. The van der Waals surface area contributed by atoms with Gasteiger partial charge < -0.3 is 0 Å². The van der Waals surface area contributed by atoms with Crippen molar-refractivity contribution in [3.8, 4) is 0 Å². The average Bonchev–Trinajstić information content (AvgIpc) is 2.48. The first-order valence-corrected chi connectivity index (χ1v) is 10.7. The average molecular weight is 460 g/mol. The van der Waals surface area contributed by atoms with E-state index >= 15 is 0 Å². The van der Waals surface area contributed by atoms with Crippen LogP contribution in [0.2, 0.25) is 0 Å². The van der Waals surface area contributed by atoms with Crippen LogP contribution in [-0.4, -0.2) is 8.42 Å². The second kappa shape index (κ2) is 7.08. The van der Waals surface area contributed by atoms with Gasteiger partial charge in [-0.2, -0.15) is 0 Å². The lowest BCUT2D eigenvalue weighted by Gasteiger charge is -2.13. The van der Waals surface area contributed by atoms with Crippen molar-refractivity contribution in [2.45, 2.75) is 39.2 Å². The van der Waals surface area contributed by atoms with Gasteiger partial charge in [0.15, 0.2) is 9.84 Å². The molecule has 0 atom stereocenters. The normalized spacial score (nSPS) is 11.7. The highest BCUT2D eigenvalue weighted by Crippen LogP contribution is 2.27. The molecule has 0 radical (unpaired) electrons. The van der Waals surface area contributed by atoms with Crippen LogP contribution in [0, 0.1) is 27.7 Å². The van der Waals surface area contributed by atoms with Crippen LogP contribution >= 0.6 is 31.9 Å². The minimum atomic E-state index is -3.22. The van der Waals surface area contributed by atoms with Crippen LogP contribution in [0.25, 0.3) is 0 Å². The molecule has 0 aliphatic carbocycles. The Morgan fingerprint density at radius 1 is 0.696 bits per heavy atom. The zero-order chi connectivity index (χ0) is 17.4. The van der Waals surface area contributed by atoms with Crippen molar-refractivity contribution in [1.82, 2.24) is 0 Å². The lowest BCUT2D eigenvalue weighted by Crippen LogP contribution is -2.10. The van der Waals surface area contributed by atoms with Crippen LogP contribution in [0.1, 0.15) is 33.4 Å². The number of halogens is 2. The van der Waals surface area contributed by atoms with E-state index in [9.17, 15) is 8.42 Å². The Hall–Kier alpha value is -0.650. The minimum Gasteiger partial charge on any atom is -0.228 e. The Kier molecular flexibility index (Phi) is 5.75. The molecule has 2 rings (SSSR count). The summed E-state index contributed by atoms with van der Waals surface area (Å²) in [5.74, 6) is 0.142. The molecule has 5 heteroatoms. The van der Waals surface area contributed by atoms with Crippen LogP contribution in [0.15, 0.2) is 33.2 Å². The van der Waals surface area contributed by atoms with Gasteiger partial charge in [0, 0.05) is 8.95 Å². The molecule has 0 unspecified atom stereocenters. The smallest absolute Gasteiger partial charge is 0.158 e. The van der Waals surface area contributed by atoms with Gasteiger partial charge in [-0.3, -0.25) is 0 Å². The van der Waals surface area contributed by atoms with Crippen molar-refractivity contribution >= 4 is 41.7 Å². The summed E-state index contributed by atoms with van der Waals surface area (Å²) in [5, 5.41) is 0. The molecule has 0 fully saturated rings. The summed E-state index contributed by atoms with van der Waals surface area (Å²) in [6.45, 7) is 7.94. The molecule has 0 spiro atoms. The van der Waals surface area contributed by atoms with Gasteiger partial charge in [0.2, 0.25) is 0 Å². The molecule has 0 heterocycles. The van der Waals surface area contributed by atoms with Gasteiger partial charge in [0.25, 0.3) is 0 Å². The van der Waals surface area contributed by atoms with E-state index in [2.05, 4.69) is 31.9 Å². The van der Waals surface area contributed by atoms with Gasteiger partial charge in [-0.25, -0.2) is 8.42 Å². The molecule has 23 heavy (non-hydrogen) atoms. The molecule has 0 aliphatic rings. The second-order valence-electron chi connectivity index (χ2n) is 5.95. The molecule has 0 N–H and O–H groups in total. The first kappa shape index (κ1) is 18.7. The molecule has 0 saturated carbocycles. The SMILES string of the molecule is Cc1c(Br)ccc(CS(=O)(=O)Cc2ccc(Br)c(C)c2C)c1C. The van der Waals surface area contributed by atoms with Crippen molar-refractivity contribution < 1.29 is 8.42 Å². The molecule has 2 aromatic rings. The van der Waals surface area contributed by atoms with Crippen molar-refractivity contribution in [2.24, 2.45) is 0 Å². The Morgan fingerprint density at radius 2 is 1.04 bits per heavy atom. The van der Waals surface area contributed by atoms with E-state index in [1.165, 1.54) is 0 Å². The molecular weight excluding hydrogens is 440 g/mol. The van der Waals surface area contributed by atoms with Crippen LogP contribution in [-0.2, 0) is 21.3 Å². The molecular formula is C18H20Br2O2S. The molecule has 124 valence electrons. The second-order valence-corrected chi connectivity index (χ2v) is 9.72. The first-order valence-electron chi connectivity index (χ1n) is 7.32. The van der Waals surface area contributed by atoms with E-state index in [1.807, 2.05) is 52.0 Å². The molecule has 0 saturated heterocycles. The summed E-state index contributed by atoms with van der Waals surface area (Å²) in [5.41, 5.74) is 5.99. The maximum Gasteiger partial charge on any atom is 0.158 e. The Bertz CT molecular complexity index is 790. The summed E-state index contributed by atoms with van der Waals surface area (Å²) >= 11 is 6.97. The molecule has 0 aliphatic heterocycles. The van der Waals surface area contributed by atoms with E-state index in [0.717, 1.165) is 42.3 Å². The van der Waals surface area contributed by atoms with Crippen LogP contribution < -0.4 is 0 Å². The molecule has 2 nitrogen and oxygen atoms in total. The molecule has 0 amide bonds. The van der Waals surface area contributed by atoms with Crippen LogP contribution in [0.5, 0.6) is 0 Å². The van der Waals surface area contributed by atoms with Crippen molar-refractivity contribution in [3.63, 3.8) is 0 Å². The van der Waals surface area contributed by atoms with Gasteiger partial charge in [-0.1, -0.05) is 44.0 Å². The van der Waals surface area contributed by atoms with Crippen LogP contribution in [0.3, 0.4) is 0 Å². The largest absolute Gasteiger partial charge is 0.228 e. The Morgan fingerprint density at radius 3 is 1.39 bits per heavy atom. The topological polar surface area (TPSA) is 34.1 Å². The Balaban J connectivity index is 2.31. The standard InChI is InChI=1S/C18H20Br2O2S/c1-11-13(3)17(19)7-5-15(11)9-23(21,22)10-16-6-8-18(20)14(4)12(16)2/h5-8H,9-10H2,1-4H3. The van der Waals surface area contributed by atoms with Gasteiger partial charge in [-0.15, -0.1) is 0 Å². The van der Waals surface area contributed by atoms with Crippen molar-refractivity contribution in [2.75, 3.05) is 0 Å². The molecule has 0 aromatic heterocycles. The van der Waals surface area contributed by atoms with Crippen molar-refractivity contribution in [3.05, 3.63) is 66.6 Å². The lowest BCUT2D eigenvalue weighted by molar-refractivity contribution is 0.594. The third-order valence-electron chi connectivity index (χ3n) is 4.42. The van der Waals surface area contributed by atoms with Crippen LogP contribution in [0.4, 0.5) is 0 Å². The number of hydrogen-bond acceptors (Lipinski definition) is 2. The number of benzene rings is 2. The zero-order valence-electron chi connectivity index (χ0n) is 13.7. The van der Waals surface area contributed by atoms with Gasteiger partial charge in [0.1, 0.15) is 0 Å². The summed E-state index contributed by atoms with van der Waals surface area (Å²) in [6, 6.07) is 7.62. The maximum absolute atomic E-state index is 12.6. The summed E-state index contributed by atoms with van der Waals surface area (Å²) in [7, 11) is -3.22. The van der Waals surface area contributed by atoms with E-state index in [0.29, 0.717) is 0 Å². The quantitative estimate of drug-likeness (QED) is 0.599. The van der Waals surface area contributed by atoms with E-state index in [1.54, 1.807) is 0 Å². The summed E-state index contributed by atoms with van der Waals surface area (Å²) < 4.78 is 27.3. The number of sulfone groups is 1. The molecule has 2 aromatic carbocycles. The van der Waals surface area contributed by atoms with E-state index < -0.39 is 9.84 Å². The highest BCUT2D eigenvalue weighted by Gasteiger charge is 2.18. The predicted octanol–water partition coefficient (Wildman–Crippen LogP) is 5.56. The monoisotopic (exact) mass is 458 g/mol. The predicted molar refractivity (Wildman–Crippen MR) is 104 cm³/mol. The zero-order valence-corrected chi connectivity index (χ0v) is 17.7. The van der Waals surface area contributed by atoms with Gasteiger partial charge in [0.05, 0.1) is 11.5 Å². The molecule has 0 bridgehead atoms. The van der Waals surface area contributed by atoms with Crippen molar-refractivity contribution in [1.29, 1.82) is 0 Å². The van der Waals surface area contributed by atoms with E-state index in [-0.39, 0.29) is 11.5 Å². The highest BCUT2D eigenvalue weighted by molar-refractivity contribution is 9.10. The lowest BCUT2D eigenvalue weighted by atomic mass is 10.0. The fourth-order valence-electron chi connectivity index (χ4n) is 2.53. The number of hydrogen-bond donors (Lipinski definition) is 0. The fourth-order valence-corrected chi connectivity index (χ4v) is 5.06. The minimum absolute atomic E-state index is 0.0709.